The molecule has 0 aromatic carbocycles. The number of hydrogen-bond donors (Lipinski definition) is 0. The van der Waals surface area contributed by atoms with Crippen molar-refractivity contribution in [2.24, 2.45) is 7.05 Å². The van der Waals surface area contributed by atoms with Gasteiger partial charge in [0.2, 0.25) is 5.82 Å². The fourth-order valence-corrected chi connectivity index (χ4v) is 2.20. The summed E-state index contributed by atoms with van der Waals surface area (Å²) < 4.78 is 1.49. The van der Waals surface area contributed by atoms with E-state index in [9.17, 15) is 10.1 Å². The molecule has 88 valence electrons. The van der Waals surface area contributed by atoms with Crippen LogP contribution in [0.15, 0.2) is 35.6 Å². The molecule has 0 saturated carbocycles. The van der Waals surface area contributed by atoms with Crippen molar-refractivity contribution in [3.63, 3.8) is 0 Å². The van der Waals surface area contributed by atoms with Crippen molar-refractivity contribution in [1.29, 1.82) is 0 Å². The summed E-state index contributed by atoms with van der Waals surface area (Å²) in [7, 11) is 1.64. The maximum atomic E-state index is 10.6. The SMILES string of the molecule is Cn1c([N+](=O)[O-])cnc1CSc1cccnc1. The van der Waals surface area contributed by atoms with Crippen LogP contribution in [0.25, 0.3) is 0 Å². The molecule has 0 aliphatic heterocycles. The number of pyridine rings is 1. The topological polar surface area (TPSA) is 73.8 Å². The average molecular weight is 250 g/mol. The van der Waals surface area contributed by atoms with E-state index in [1.54, 1.807) is 31.2 Å². The molecule has 2 aromatic rings. The number of hydrogen-bond acceptors (Lipinski definition) is 5. The normalized spacial score (nSPS) is 10.4. The van der Waals surface area contributed by atoms with Crippen molar-refractivity contribution in [2.75, 3.05) is 0 Å². The highest BCUT2D eigenvalue weighted by Gasteiger charge is 2.16. The van der Waals surface area contributed by atoms with Gasteiger partial charge < -0.3 is 10.1 Å². The molecule has 7 heteroatoms. The fraction of sp³-hybridized carbons (Fsp3) is 0.200. The van der Waals surface area contributed by atoms with E-state index in [1.807, 2.05) is 12.1 Å². The van der Waals surface area contributed by atoms with E-state index in [0.29, 0.717) is 11.6 Å². The van der Waals surface area contributed by atoms with E-state index >= 15 is 0 Å². The summed E-state index contributed by atoms with van der Waals surface area (Å²) >= 11 is 1.54. The van der Waals surface area contributed by atoms with E-state index in [4.69, 9.17) is 0 Å². The monoisotopic (exact) mass is 250 g/mol. The second-order valence-electron chi connectivity index (χ2n) is 3.33. The molecule has 0 amide bonds. The summed E-state index contributed by atoms with van der Waals surface area (Å²) in [5, 5.41) is 10.6. The maximum Gasteiger partial charge on any atom is 0.342 e. The quantitative estimate of drug-likeness (QED) is 0.471. The van der Waals surface area contributed by atoms with Gasteiger partial charge in [0, 0.05) is 17.3 Å². The van der Waals surface area contributed by atoms with E-state index < -0.39 is 4.92 Å². The number of aromatic nitrogens is 3. The van der Waals surface area contributed by atoms with Crippen LogP contribution in [0.1, 0.15) is 5.82 Å². The number of thioether (sulfide) groups is 1. The van der Waals surface area contributed by atoms with Crippen LogP contribution in [0, 0.1) is 10.1 Å². The Morgan fingerprint density at radius 3 is 2.94 bits per heavy atom. The van der Waals surface area contributed by atoms with Crippen LogP contribution in [0.4, 0.5) is 5.82 Å². The molecule has 0 fully saturated rings. The van der Waals surface area contributed by atoms with E-state index in [0.717, 1.165) is 4.90 Å². The predicted molar refractivity (Wildman–Crippen MR) is 63.7 cm³/mol. The summed E-state index contributed by atoms with van der Waals surface area (Å²) in [6, 6.07) is 3.79. The Morgan fingerprint density at radius 2 is 2.35 bits per heavy atom. The Balaban J connectivity index is 2.07. The van der Waals surface area contributed by atoms with Gasteiger partial charge in [0.15, 0.2) is 0 Å². The first-order valence-corrected chi connectivity index (χ1v) is 5.85. The Hall–Kier alpha value is -1.89. The smallest absolute Gasteiger partial charge is 0.342 e. The van der Waals surface area contributed by atoms with E-state index in [1.165, 1.54) is 10.8 Å². The maximum absolute atomic E-state index is 10.6. The highest BCUT2D eigenvalue weighted by atomic mass is 32.2. The Labute approximate surface area is 102 Å². The molecule has 0 bridgehead atoms. The highest BCUT2D eigenvalue weighted by Crippen LogP contribution is 2.22. The second-order valence-corrected chi connectivity index (χ2v) is 4.37. The van der Waals surface area contributed by atoms with Crippen LogP contribution in [0.5, 0.6) is 0 Å². The molecule has 0 radical (unpaired) electrons. The molecule has 2 aromatic heterocycles. The Kier molecular flexibility index (Phi) is 3.38. The van der Waals surface area contributed by atoms with Crippen LogP contribution in [-0.4, -0.2) is 19.5 Å². The summed E-state index contributed by atoms with van der Waals surface area (Å²) in [5.74, 6) is 1.26. The minimum Gasteiger partial charge on any atom is -0.358 e. The van der Waals surface area contributed by atoms with Crippen LogP contribution in [0.3, 0.4) is 0 Å². The molecular weight excluding hydrogens is 240 g/mol. The lowest BCUT2D eigenvalue weighted by molar-refractivity contribution is -0.391. The van der Waals surface area contributed by atoms with Gasteiger partial charge in [-0.3, -0.25) is 4.98 Å². The van der Waals surface area contributed by atoms with Crippen LogP contribution in [0.2, 0.25) is 0 Å². The van der Waals surface area contributed by atoms with Crippen molar-refractivity contribution >= 4 is 17.6 Å². The minimum absolute atomic E-state index is 0.00628. The summed E-state index contributed by atoms with van der Waals surface area (Å²) in [6.07, 6.45) is 4.73. The Bertz CT molecular complexity index is 526. The molecule has 0 spiro atoms. The van der Waals surface area contributed by atoms with Gasteiger partial charge in [0.25, 0.3) is 0 Å². The first kappa shape index (κ1) is 11.6. The number of rotatable bonds is 4. The van der Waals surface area contributed by atoms with Gasteiger partial charge >= 0.3 is 5.82 Å². The van der Waals surface area contributed by atoms with Gasteiger partial charge in [0.1, 0.15) is 6.20 Å². The first-order valence-electron chi connectivity index (χ1n) is 4.86. The molecule has 2 heterocycles. The zero-order valence-electron chi connectivity index (χ0n) is 9.11. The van der Waals surface area contributed by atoms with Gasteiger partial charge in [0.05, 0.1) is 12.8 Å². The number of nitrogens with zero attached hydrogens (tertiary/aromatic N) is 4. The van der Waals surface area contributed by atoms with Gasteiger partial charge in [-0.2, -0.15) is 0 Å². The van der Waals surface area contributed by atoms with Crippen LogP contribution in [-0.2, 0) is 12.8 Å². The molecular formula is C10H10N4O2S. The van der Waals surface area contributed by atoms with Crippen molar-refractivity contribution in [2.45, 2.75) is 10.6 Å². The zero-order valence-corrected chi connectivity index (χ0v) is 9.92. The summed E-state index contributed by atoms with van der Waals surface area (Å²) in [6.45, 7) is 0. The Morgan fingerprint density at radius 1 is 1.53 bits per heavy atom. The number of imidazole rings is 1. The molecule has 0 atom stereocenters. The van der Waals surface area contributed by atoms with Gasteiger partial charge in [-0.25, -0.2) is 9.55 Å². The fourth-order valence-electron chi connectivity index (χ4n) is 1.32. The van der Waals surface area contributed by atoms with Crippen molar-refractivity contribution in [1.82, 2.24) is 14.5 Å². The van der Waals surface area contributed by atoms with Crippen molar-refractivity contribution in [3.8, 4) is 0 Å². The largest absolute Gasteiger partial charge is 0.358 e. The lowest BCUT2D eigenvalue weighted by atomic mass is 10.5. The molecule has 17 heavy (non-hydrogen) atoms. The zero-order chi connectivity index (χ0) is 12.3. The molecule has 0 aliphatic carbocycles. The molecule has 0 N–H and O–H groups in total. The van der Waals surface area contributed by atoms with E-state index in [-0.39, 0.29) is 5.82 Å². The molecule has 0 unspecified atom stereocenters. The lowest BCUT2D eigenvalue weighted by Crippen LogP contribution is -2.00. The average Bonchev–Trinajstić information content (AvgIpc) is 2.69. The predicted octanol–water partition coefficient (Wildman–Crippen LogP) is 2.02. The number of nitro groups is 1. The highest BCUT2D eigenvalue weighted by molar-refractivity contribution is 7.98. The first-order chi connectivity index (χ1) is 8.18. The van der Waals surface area contributed by atoms with Gasteiger partial charge in [-0.15, -0.1) is 11.8 Å². The summed E-state index contributed by atoms with van der Waals surface area (Å²) in [4.78, 5) is 19.2. The van der Waals surface area contributed by atoms with Crippen molar-refractivity contribution < 1.29 is 4.92 Å². The minimum atomic E-state index is -0.439. The van der Waals surface area contributed by atoms with Gasteiger partial charge in [-0.1, -0.05) is 0 Å². The molecule has 0 aliphatic rings. The van der Waals surface area contributed by atoms with Crippen LogP contribution >= 0.6 is 11.8 Å². The third-order valence-corrected chi connectivity index (χ3v) is 3.23. The standard InChI is InChI=1S/C10H10N4O2S/c1-13-9(12-6-10(13)14(15)16)7-17-8-3-2-4-11-5-8/h2-6H,7H2,1H3. The third kappa shape index (κ3) is 2.62. The second kappa shape index (κ2) is 4.96. The van der Waals surface area contributed by atoms with Crippen molar-refractivity contribution in [3.05, 3.63) is 46.7 Å². The third-order valence-electron chi connectivity index (χ3n) is 2.25. The van der Waals surface area contributed by atoms with Gasteiger partial charge in [-0.05, 0) is 17.1 Å². The molecule has 2 rings (SSSR count). The lowest BCUT2D eigenvalue weighted by Gasteiger charge is -1.99. The molecule has 6 nitrogen and oxygen atoms in total. The van der Waals surface area contributed by atoms with Crippen LogP contribution < -0.4 is 0 Å². The molecule has 0 saturated heterocycles. The summed E-state index contributed by atoms with van der Waals surface area (Å²) in [5.41, 5.74) is 0. The van der Waals surface area contributed by atoms with E-state index in [2.05, 4.69) is 9.97 Å².